The Bertz CT molecular complexity index is 4480. The summed E-state index contributed by atoms with van der Waals surface area (Å²) in [5.41, 5.74) is 12.8. The zero-order valence-electron chi connectivity index (χ0n) is 36.8. The van der Waals surface area contributed by atoms with Crippen molar-refractivity contribution in [2.24, 2.45) is 0 Å². The largest absolute Gasteiger partial charge is 0.455 e. The number of hydrogen-bond acceptors (Lipinski definition) is 2. The predicted molar refractivity (Wildman–Crippen MR) is 288 cm³/mol. The second kappa shape index (κ2) is 14.3. The third kappa shape index (κ3) is 5.23. The molecule has 0 aliphatic carbocycles. The smallest absolute Gasteiger partial charge is 0.143 e. The van der Waals surface area contributed by atoms with Gasteiger partial charge in [0.25, 0.3) is 0 Å². The predicted octanol–water partition coefficient (Wildman–Crippen LogP) is 19.1. The van der Waals surface area contributed by atoms with Crippen molar-refractivity contribution in [1.29, 1.82) is 0 Å². The van der Waals surface area contributed by atoms with Gasteiger partial charge in [0.1, 0.15) is 22.3 Å². The Labute approximate surface area is 390 Å². The van der Waals surface area contributed by atoms with Crippen LogP contribution in [-0.4, -0.2) is 0 Å². The van der Waals surface area contributed by atoms with Crippen LogP contribution in [0, 0.1) is 0 Å². The van der Waals surface area contributed by atoms with Crippen LogP contribution in [0.1, 0.15) is 0 Å². The van der Waals surface area contributed by atoms with Crippen molar-refractivity contribution in [2.75, 3.05) is 0 Å². The quantitative estimate of drug-likeness (QED) is 0.165. The third-order valence-corrected chi connectivity index (χ3v) is 14.6. The zero-order chi connectivity index (χ0) is 44.5. The molecule has 0 radical (unpaired) electrons. The normalized spacial score (nSPS) is 12.1. The van der Waals surface area contributed by atoms with E-state index in [-0.39, 0.29) is 0 Å². The van der Waals surface area contributed by atoms with Crippen LogP contribution < -0.4 is 0 Å². The fourth-order valence-corrected chi connectivity index (χ4v) is 11.8. The van der Waals surface area contributed by atoms with Crippen molar-refractivity contribution in [3.05, 3.63) is 231 Å². The first-order valence-electron chi connectivity index (χ1n) is 23.4. The van der Waals surface area contributed by atoms with Crippen LogP contribution in [0.25, 0.3) is 153 Å². The van der Waals surface area contributed by atoms with E-state index in [9.17, 15) is 0 Å². The average Bonchev–Trinajstić information content (AvgIpc) is 3.98. The van der Waals surface area contributed by atoms with Gasteiger partial charge in [-0.3, -0.25) is 0 Å². The molecule has 0 aliphatic heterocycles. The minimum atomic E-state index is 0.856. The van der Waals surface area contributed by atoms with Crippen LogP contribution in [0.3, 0.4) is 0 Å². The van der Waals surface area contributed by atoms with Crippen molar-refractivity contribution < 1.29 is 8.83 Å². The molecule has 68 heavy (non-hydrogen) atoms. The summed E-state index contributed by atoms with van der Waals surface area (Å²) in [7, 11) is 0. The monoisotopic (exact) mass is 862 g/mol. The number of furan rings is 2. The highest BCUT2D eigenvalue weighted by molar-refractivity contribution is 6.37. The summed E-state index contributed by atoms with van der Waals surface area (Å²) >= 11 is 0. The summed E-state index contributed by atoms with van der Waals surface area (Å²) in [4.78, 5) is 0. The molecule has 0 unspecified atom stereocenters. The first kappa shape index (κ1) is 37.3. The van der Waals surface area contributed by atoms with Crippen LogP contribution in [0.5, 0.6) is 0 Å². The van der Waals surface area contributed by atoms with Crippen molar-refractivity contribution in [3.8, 4) is 44.5 Å². The van der Waals surface area contributed by atoms with Gasteiger partial charge in [-0.05, 0) is 112 Å². The fourth-order valence-electron chi connectivity index (χ4n) is 11.8. The minimum absolute atomic E-state index is 0.856. The molecule has 0 amide bonds. The SMILES string of the molecule is c1ccc(-c2c3ccccc3c(-c3cc4cc(-c5c6ccccc6c(-c6ccccc6)c6ccccc56)c5oc6cc7ccccc7cc6c5c4c4c3oc3ccccc34)c3ccccc23)cc1. The Morgan fingerprint density at radius 3 is 1.04 bits per heavy atom. The van der Waals surface area contributed by atoms with Gasteiger partial charge in [-0.25, -0.2) is 0 Å². The van der Waals surface area contributed by atoms with Crippen LogP contribution in [-0.2, 0) is 0 Å². The Morgan fingerprint density at radius 1 is 0.221 bits per heavy atom. The Kier molecular flexibility index (Phi) is 7.81. The van der Waals surface area contributed by atoms with Gasteiger partial charge in [0.2, 0.25) is 0 Å². The van der Waals surface area contributed by atoms with E-state index in [0.29, 0.717) is 0 Å². The van der Waals surface area contributed by atoms with E-state index in [1.807, 2.05) is 0 Å². The molecule has 0 spiro atoms. The van der Waals surface area contributed by atoms with Gasteiger partial charge >= 0.3 is 0 Å². The van der Waals surface area contributed by atoms with E-state index >= 15 is 0 Å². The van der Waals surface area contributed by atoms with Crippen molar-refractivity contribution in [2.45, 2.75) is 0 Å². The summed E-state index contributed by atoms with van der Waals surface area (Å²) < 4.78 is 14.6. The lowest BCUT2D eigenvalue weighted by Gasteiger charge is -2.20. The lowest BCUT2D eigenvalue weighted by molar-refractivity contribution is 0.670. The molecular formula is C66H38O2. The van der Waals surface area contributed by atoms with E-state index < -0.39 is 0 Å². The van der Waals surface area contributed by atoms with Crippen LogP contribution in [0.2, 0.25) is 0 Å². The van der Waals surface area contributed by atoms with Crippen molar-refractivity contribution in [1.82, 2.24) is 0 Å². The third-order valence-electron chi connectivity index (χ3n) is 14.6. The first-order valence-corrected chi connectivity index (χ1v) is 23.4. The molecule has 0 atom stereocenters. The average molecular weight is 863 g/mol. The van der Waals surface area contributed by atoms with Crippen molar-refractivity contribution in [3.63, 3.8) is 0 Å². The second-order valence-electron chi connectivity index (χ2n) is 18.2. The number of para-hydroxylation sites is 1. The van der Waals surface area contributed by atoms with Gasteiger partial charge in [0.05, 0.1) is 0 Å². The molecule has 15 aromatic rings. The van der Waals surface area contributed by atoms with Gasteiger partial charge in [-0.2, -0.15) is 0 Å². The van der Waals surface area contributed by atoms with Gasteiger partial charge < -0.3 is 8.83 Å². The molecule has 0 fully saturated rings. The van der Waals surface area contributed by atoms with Crippen LogP contribution in [0.15, 0.2) is 239 Å². The molecule has 0 aliphatic rings. The Morgan fingerprint density at radius 2 is 0.574 bits per heavy atom. The lowest BCUT2D eigenvalue weighted by Crippen LogP contribution is -1.93. The molecule has 0 saturated carbocycles. The van der Waals surface area contributed by atoms with Gasteiger partial charge in [-0.15, -0.1) is 0 Å². The van der Waals surface area contributed by atoms with Gasteiger partial charge in [-0.1, -0.05) is 200 Å². The van der Waals surface area contributed by atoms with E-state index in [1.54, 1.807) is 0 Å². The highest BCUT2D eigenvalue weighted by Crippen LogP contribution is 2.53. The number of benzene rings is 13. The van der Waals surface area contributed by atoms with Crippen LogP contribution in [0.4, 0.5) is 0 Å². The summed E-state index contributed by atoms with van der Waals surface area (Å²) in [6, 6.07) is 83.8. The maximum atomic E-state index is 7.36. The maximum Gasteiger partial charge on any atom is 0.143 e. The number of rotatable bonds is 4. The molecule has 0 saturated heterocycles. The first-order chi connectivity index (χ1) is 33.8. The lowest BCUT2D eigenvalue weighted by atomic mass is 9.83. The van der Waals surface area contributed by atoms with E-state index in [1.165, 1.54) is 70.7 Å². The molecule has 2 aromatic heterocycles. The number of hydrogen-bond donors (Lipinski definition) is 0. The summed E-state index contributed by atoms with van der Waals surface area (Å²) in [6.45, 7) is 0. The van der Waals surface area contributed by atoms with Gasteiger partial charge in [0.15, 0.2) is 0 Å². The van der Waals surface area contributed by atoms with E-state index in [4.69, 9.17) is 8.83 Å². The fraction of sp³-hybridized carbons (Fsp3) is 0. The van der Waals surface area contributed by atoms with Crippen molar-refractivity contribution >= 4 is 109 Å². The second-order valence-corrected chi connectivity index (χ2v) is 18.2. The molecule has 2 heteroatoms. The summed E-state index contributed by atoms with van der Waals surface area (Å²) in [5, 5.41) is 18.5. The molecule has 0 N–H and O–H groups in total. The number of fused-ring (bicyclic) bond motifs is 14. The molecule has 15 rings (SSSR count). The summed E-state index contributed by atoms with van der Waals surface area (Å²) in [6.07, 6.45) is 0. The minimum Gasteiger partial charge on any atom is -0.455 e. The van der Waals surface area contributed by atoms with E-state index in [2.05, 4.69) is 231 Å². The van der Waals surface area contributed by atoms with E-state index in [0.717, 1.165) is 82.3 Å². The standard InChI is InChI=1S/C66H38O2/c1-3-19-39(20-4-1)58-44-25-9-13-29-48(44)61(49-30-14-10-26-45(49)58)54-36-43-37-55(62-50-31-15-11-27-46(50)59(40-21-5-2-6-22-40)47-28-12-16-32-51(47)62)66-64(53-35-41-23-7-8-24-42(41)38-57(53)68-66)60(43)63-52-33-17-18-34-56(52)67-65(54)63/h1-38H. The topological polar surface area (TPSA) is 26.3 Å². The summed E-state index contributed by atoms with van der Waals surface area (Å²) in [5.74, 6) is 0. The zero-order valence-corrected chi connectivity index (χ0v) is 36.8. The molecule has 0 bridgehead atoms. The molecule has 2 heterocycles. The molecular weight excluding hydrogens is 825 g/mol. The molecule has 314 valence electrons. The Balaban J connectivity index is 1.17. The highest BCUT2D eigenvalue weighted by atomic mass is 16.3. The highest BCUT2D eigenvalue weighted by Gasteiger charge is 2.27. The molecule has 13 aromatic carbocycles. The van der Waals surface area contributed by atoms with Crippen LogP contribution >= 0.6 is 0 Å². The molecule has 2 nitrogen and oxygen atoms in total. The Hall–Kier alpha value is -8.98. The van der Waals surface area contributed by atoms with Gasteiger partial charge in [0, 0.05) is 49.2 Å². The maximum absolute atomic E-state index is 7.36.